The van der Waals surface area contributed by atoms with E-state index in [2.05, 4.69) is 31.4 Å². The molecule has 8 nitrogen and oxygen atoms in total. The average Bonchev–Trinajstić information content (AvgIpc) is 3.16. The first-order valence-corrected chi connectivity index (χ1v) is 8.62. The lowest BCUT2D eigenvalue weighted by atomic mass is 10.2. The van der Waals surface area contributed by atoms with Gasteiger partial charge in [0, 0.05) is 17.4 Å². The fourth-order valence-electron chi connectivity index (χ4n) is 2.22. The third kappa shape index (κ3) is 4.50. The fraction of sp³-hybridized carbons (Fsp3) is 0.125. The Hall–Kier alpha value is -2.65. The van der Waals surface area contributed by atoms with Crippen LogP contribution in [0.1, 0.15) is 16.1 Å². The number of amides is 1. The van der Waals surface area contributed by atoms with Crippen molar-refractivity contribution in [3.8, 4) is 0 Å². The highest BCUT2D eigenvalue weighted by atomic mass is 79.9. The van der Waals surface area contributed by atoms with Gasteiger partial charge >= 0.3 is 5.97 Å². The molecule has 2 aromatic heterocycles. The number of rotatable bonds is 6. The van der Waals surface area contributed by atoms with Gasteiger partial charge in [-0.25, -0.2) is 0 Å². The molecule has 0 unspecified atom stereocenters. The highest BCUT2D eigenvalue weighted by Crippen LogP contribution is 2.21. The number of hydrogen-bond donors (Lipinski definition) is 2. The van der Waals surface area contributed by atoms with Crippen LogP contribution < -0.4 is 5.32 Å². The van der Waals surface area contributed by atoms with Crippen molar-refractivity contribution in [3.05, 3.63) is 63.5 Å². The molecule has 0 saturated heterocycles. The summed E-state index contributed by atoms with van der Waals surface area (Å²) in [6.45, 7) is 0.200. The van der Waals surface area contributed by atoms with Crippen molar-refractivity contribution >= 4 is 45.2 Å². The number of carboxylic acids is 1. The summed E-state index contributed by atoms with van der Waals surface area (Å²) in [5.74, 6) is -1.17. The van der Waals surface area contributed by atoms with Gasteiger partial charge < -0.3 is 10.4 Å². The van der Waals surface area contributed by atoms with Crippen LogP contribution in [0.2, 0.25) is 5.02 Å². The Balaban J connectivity index is 1.68. The zero-order valence-electron chi connectivity index (χ0n) is 13.3. The summed E-state index contributed by atoms with van der Waals surface area (Å²) in [6.07, 6.45) is 3.17. The lowest BCUT2D eigenvalue weighted by Crippen LogP contribution is -2.15. The summed E-state index contributed by atoms with van der Waals surface area (Å²) in [7, 11) is 0. The van der Waals surface area contributed by atoms with Crippen LogP contribution in [0.5, 0.6) is 0 Å². The minimum absolute atomic E-state index is 0.102. The molecule has 0 aliphatic heterocycles. The van der Waals surface area contributed by atoms with Gasteiger partial charge in [-0.15, -0.1) is 0 Å². The van der Waals surface area contributed by atoms with Crippen LogP contribution in [-0.4, -0.2) is 36.5 Å². The fourth-order valence-corrected chi connectivity index (χ4v) is 2.76. The van der Waals surface area contributed by atoms with Gasteiger partial charge in [0.05, 0.1) is 11.0 Å². The number of carbonyl (C=O) groups excluding carboxylic acids is 1. The first-order chi connectivity index (χ1) is 12.4. The van der Waals surface area contributed by atoms with Crippen molar-refractivity contribution in [2.24, 2.45) is 0 Å². The molecule has 0 bridgehead atoms. The standard InChI is InChI=1S/C16H13BrClN5O3/c17-12-8-23(7-10-1-3-11(18)4-2-10)21-15(12)19-16(26)13-5-6-22(20-13)9-14(24)25/h1-6,8H,7,9H2,(H,24,25)(H,19,21,26). The molecule has 2 heterocycles. The van der Waals surface area contributed by atoms with Crippen LogP contribution in [0, 0.1) is 0 Å². The molecule has 3 rings (SSSR count). The Kier molecular flexibility index (Phi) is 5.38. The number of benzene rings is 1. The van der Waals surface area contributed by atoms with E-state index in [9.17, 15) is 9.59 Å². The number of aliphatic carboxylic acids is 1. The Morgan fingerprint density at radius 1 is 1.15 bits per heavy atom. The molecular weight excluding hydrogens is 426 g/mol. The minimum atomic E-state index is -1.04. The summed E-state index contributed by atoms with van der Waals surface area (Å²) in [5.41, 5.74) is 1.11. The first kappa shape index (κ1) is 18.2. The summed E-state index contributed by atoms with van der Waals surface area (Å²) in [6, 6.07) is 8.82. The molecule has 26 heavy (non-hydrogen) atoms. The highest BCUT2D eigenvalue weighted by Gasteiger charge is 2.15. The molecule has 1 amide bonds. The number of hydrogen-bond acceptors (Lipinski definition) is 4. The monoisotopic (exact) mass is 437 g/mol. The molecule has 0 saturated carbocycles. The molecule has 0 fully saturated rings. The Labute approximate surface area is 161 Å². The summed E-state index contributed by atoms with van der Waals surface area (Å²) >= 11 is 9.23. The zero-order valence-corrected chi connectivity index (χ0v) is 15.6. The van der Waals surface area contributed by atoms with Gasteiger partial charge in [-0.3, -0.25) is 19.0 Å². The topological polar surface area (TPSA) is 102 Å². The number of nitrogens with one attached hydrogen (secondary N) is 1. The number of carboxylic acid groups (broad SMARTS) is 1. The normalized spacial score (nSPS) is 10.7. The largest absolute Gasteiger partial charge is 0.480 e. The van der Waals surface area contributed by atoms with E-state index < -0.39 is 11.9 Å². The van der Waals surface area contributed by atoms with Crippen LogP contribution in [0.25, 0.3) is 0 Å². The van der Waals surface area contributed by atoms with Crippen molar-refractivity contribution in [3.63, 3.8) is 0 Å². The van der Waals surface area contributed by atoms with Gasteiger partial charge in [-0.2, -0.15) is 10.2 Å². The summed E-state index contributed by atoms with van der Waals surface area (Å²) in [5, 5.41) is 20.3. The second kappa shape index (κ2) is 7.71. The van der Waals surface area contributed by atoms with E-state index in [4.69, 9.17) is 16.7 Å². The molecule has 0 radical (unpaired) electrons. The van der Waals surface area contributed by atoms with Gasteiger partial charge in [-0.05, 0) is 39.7 Å². The maximum atomic E-state index is 12.3. The van der Waals surface area contributed by atoms with E-state index in [0.717, 1.165) is 5.56 Å². The van der Waals surface area contributed by atoms with Crippen LogP contribution in [-0.2, 0) is 17.9 Å². The van der Waals surface area contributed by atoms with Gasteiger partial charge in [0.25, 0.3) is 5.91 Å². The van der Waals surface area contributed by atoms with Crippen molar-refractivity contribution in [2.75, 3.05) is 5.32 Å². The maximum Gasteiger partial charge on any atom is 0.325 e. The van der Waals surface area contributed by atoms with Crippen molar-refractivity contribution in [1.82, 2.24) is 19.6 Å². The third-order valence-corrected chi connectivity index (χ3v) is 4.21. The van der Waals surface area contributed by atoms with Crippen LogP contribution in [0.15, 0.2) is 47.2 Å². The Morgan fingerprint density at radius 3 is 2.58 bits per heavy atom. The van der Waals surface area contributed by atoms with E-state index in [1.165, 1.54) is 16.9 Å². The molecule has 1 aromatic carbocycles. The quantitative estimate of drug-likeness (QED) is 0.616. The number of anilines is 1. The molecule has 10 heteroatoms. The number of aromatic nitrogens is 4. The van der Waals surface area contributed by atoms with Crippen molar-refractivity contribution in [2.45, 2.75) is 13.1 Å². The van der Waals surface area contributed by atoms with Crippen molar-refractivity contribution < 1.29 is 14.7 Å². The predicted molar refractivity (Wildman–Crippen MR) is 98.3 cm³/mol. The zero-order chi connectivity index (χ0) is 18.7. The maximum absolute atomic E-state index is 12.3. The second-order valence-electron chi connectivity index (χ2n) is 5.40. The van der Waals surface area contributed by atoms with Crippen LogP contribution in [0.4, 0.5) is 5.82 Å². The van der Waals surface area contributed by atoms with E-state index in [1.807, 2.05) is 12.1 Å². The highest BCUT2D eigenvalue weighted by molar-refractivity contribution is 9.10. The summed E-state index contributed by atoms with van der Waals surface area (Å²) in [4.78, 5) is 22.9. The Bertz CT molecular complexity index is 951. The molecule has 0 aliphatic carbocycles. The SMILES string of the molecule is O=C(O)Cn1ccc(C(=O)Nc2nn(Cc3ccc(Cl)cc3)cc2Br)n1. The molecule has 0 atom stereocenters. The van der Waals surface area contributed by atoms with E-state index in [-0.39, 0.29) is 12.2 Å². The second-order valence-corrected chi connectivity index (χ2v) is 6.69. The van der Waals surface area contributed by atoms with Gasteiger partial charge in [-0.1, -0.05) is 23.7 Å². The van der Waals surface area contributed by atoms with E-state index in [1.54, 1.807) is 23.0 Å². The smallest absolute Gasteiger partial charge is 0.325 e. The molecule has 0 spiro atoms. The predicted octanol–water partition coefficient (Wildman–Crippen LogP) is 2.88. The first-order valence-electron chi connectivity index (χ1n) is 7.45. The van der Waals surface area contributed by atoms with Gasteiger partial charge in [0.15, 0.2) is 11.5 Å². The van der Waals surface area contributed by atoms with Crippen LogP contribution in [0.3, 0.4) is 0 Å². The van der Waals surface area contributed by atoms with E-state index in [0.29, 0.717) is 21.9 Å². The third-order valence-electron chi connectivity index (χ3n) is 3.38. The Morgan fingerprint density at radius 2 is 1.88 bits per heavy atom. The number of halogens is 2. The van der Waals surface area contributed by atoms with E-state index >= 15 is 0 Å². The molecular formula is C16H13BrClN5O3. The molecule has 3 aromatic rings. The molecule has 0 aliphatic rings. The van der Waals surface area contributed by atoms with Crippen molar-refractivity contribution in [1.29, 1.82) is 0 Å². The lowest BCUT2D eigenvalue weighted by molar-refractivity contribution is -0.137. The average molecular weight is 439 g/mol. The number of carbonyl (C=O) groups is 2. The lowest BCUT2D eigenvalue weighted by Gasteiger charge is -2.02. The summed E-state index contributed by atoms with van der Waals surface area (Å²) < 4.78 is 3.46. The minimum Gasteiger partial charge on any atom is -0.480 e. The van der Waals surface area contributed by atoms with Crippen LogP contribution >= 0.6 is 27.5 Å². The number of nitrogens with zero attached hydrogens (tertiary/aromatic N) is 4. The van der Waals surface area contributed by atoms with Gasteiger partial charge in [0.2, 0.25) is 0 Å². The molecule has 134 valence electrons. The molecule has 2 N–H and O–H groups in total. The van der Waals surface area contributed by atoms with Gasteiger partial charge in [0.1, 0.15) is 6.54 Å².